The van der Waals surface area contributed by atoms with Crippen LogP contribution >= 0.6 is 0 Å². The number of carbonyl (C=O) groups is 1. The lowest BCUT2D eigenvalue weighted by Crippen LogP contribution is -2.41. The molecule has 8 heteroatoms. The number of amides is 1. The topological polar surface area (TPSA) is 53.0 Å². The average molecular weight is 372 g/mol. The van der Waals surface area contributed by atoms with Gasteiger partial charge in [-0.05, 0) is 12.0 Å². The van der Waals surface area contributed by atoms with Gasteiger partial charge in [0.2, 0.25) is 5.91 Å². The van der Waals surface area contributed by atoms with Crippen molar-refractivity contribution in [3.63, 3.8) is 0 Å². The minimum absolute atomic E-state index is 0.0294. The number of aliphatic hydroxyl groups excluding tert-OH is 1. The number of nitrogens with zero attached hydrogens (tertiary/aromatic N) is 2. The Morgan fingerprint density at radius 3 is 2.50 bits per heavy atom. The Hall–Kier alpha value is -1.64. The summed E-state index contributed by atoms with van der Waals surface area (Å²) in [5, 5.41) is 9.63. The van der Waals surface area contributed by atoms with Gasteiger partial charge in [0, 0.05) is 50.8 Å². The molecule has 26 heavy (non-hydrogen) atoms. The molecule has 1 aromatic rings. The van der Waals surface area contributed by atoms with Crippen LogP contribution in [0, 0.1) is 29.3 Å². The molecule has 0 bridgehead atoms. The second-order valence-corrected chi connectivity index (χ2v) is 6.93. The van der Waals surface area contributed by atoms with Gasteiger partial charge in [-0.1, -0.05) is 6.07 Å². The van der Waals surface area contributed by atoms with Crippen molar-refractivity contribution in [2.24, 2.45) is 11.8 Å². The number of ether oxygens (including phenoxy) is 1. The second kappa shape index (κ2) is 8.37. The second-order valence-electron chi connectivity index (χ2n) is 6.93. The van der Waals surface area contributed by atoms with Crippen molar-refractivity contribution in [1.29, 1.82) is 0 Å². The van der Waals surface area contributed by atoms with Gasteiger partial charge >= 0.3 is 0 Å². The predicted octanol–water partition coefficient (Wildman–Crippen LogP) is 1.05. The first-order valence-corrected chi connectivity index (χ1v) is 8.80. The number of hydrogen-bond donors (Lipinski definition) is 1. The fraction of sp³-hybridized carbons (Fsp3) is 0.611. The highest BCUT2D eigenvalue weighted by Gasteiger charge is 2.36. The van der Waals surface area contributed by atoms with Gasteiger partial charge in [-0.2, -0.15) is 0 Å². The highest BCUT2D eigenvalue weighted by atomic mass is 19.2. The van der Waals surface area contributed by atoms with E-state index >= 15 is 0 Å². The van der Waals surface area contributed by atoms with E-state index in [0.717, 1.165) is 31.8 Å². The number of benzene rings is 1. The number of halogens is 3. The Bertz CT molecular complexity index is 653. The van der Waals surface area contributed by atoms with E-state index < -0.39 is 17.5 Å². The molecule has 2 heterocycles. The fourth-order valence-corrected chi connectivity index (χ4v) is 3.65. The van der Waals surface area contributed by atoms with Crippen molar-refractivity contribution in [1.82, 2.24) is 9.80 Å². The quantitative estimate of drug-likeness (QED) is 0.785. The zero-order valence-corrected chi connectivity index (χ0v) is 14.5. The molecule has 144 valence electrons. The molecule has 1 aromatic carbocycles. The molecule has 1 N–H and O–H groups in total. The molecule has 0 saturated carbocycles. The van der Waals surface area contributed by atoms with Crippen LogP contribution in [0.15, 0.2) is 12.1 Å². The highest BCUT2D eigenvalue weighted by molar-refractivity contribution is 5.79. The van der Waals surface area contributed by atoms with Crippen molar-refractivity contribution in [3.8, 4) is 0 Å². The molecular weight excluding hydrogens is 349 g/mol. The number of likely N-dealkylation sites (tertiary alicyclic amines) is 1. The molecule has 0 aliphatic carbocycles. The molecule has 0 aromatic heterocycles. The van der Waals surface area contributed by atoms with Crippen LogP contribution in [0.4, 0.5) is 13.2 Å². The van der Waals surface area contributed by atoms with E-state index in [4.69, 9.17) is 4.74 Å². The molecule has 2 atom stereocenters. The Labute approximate surface area is 150 Å². The van der Waals surface area contributed by atoms with Gasteiger partial charge in [-0.3, -0.25) is 9.69 Å². The van der Waals surface area contributed by atoms with E-state index in [2.05, 4.69) is 4.90 Å². The Morgan fingerprint density at radius 1 is 1.12 bits per heavy atom. The summed E-state index contributed by atoms with van der Waals surface area (Å²) in [6.07, 6.45) is -0.328. The first-order valence-electron chi connectivity index (χ1n) is 8.80. The van der Waals surface area contributed by atoms with Gasteiger partial charge < -0.3 is 14.7 Å². The smallest absolute Gasteiger partial charge is 0.227 e. The van der Waals surface area contributed by atoms with E-state index in [-0.39, 0.29) is 36.3 Å². The summed E-state index contributed by atoms with van der Waals surface area (Å²) in [6.45, 7) is 4.58. The molecule has 3 rings (SSSR count). The number of hydrogen-bond acceptors (Lipinski definition) is 4. The average Bonchev–Trinajstić information content (AvgIpc) is 3.06. The standard InChI is InChI=1S/C18H23F3N2O3/c19-15-2-1-12(17(20)18(15)21)7-16(25)23-9-13(14(10-23)11-24)8-22-3-5-26-6-4-22/h1-2,13-14,24H,3-11H2/t13-,14-/m1/s1. The maximum atomic E-state index is 13.8. The molecule has 0 unspecified atom stereocenters. The van der Waals surface area contributed by atoms with E-state index in [1.54, 1.807) is 4.90 Å². The van der Waals surface area contributed by atoms with Crippen molar-refractivity contribution in [3.05, 3.63) is 35.1 Å². The first-order chi connectivity index (χ1) is 12.5. The van der Waals surface area contributed by atoms with Gasteiger partial charge in [0.25, 0.3) is 0 Å². The number of carbonyl (C=O) groups excluding carboxylic acids is 1. The van der Waals surface area contributed by atoms with Crippen molar-refractivity contribution < 1.29 is 27.8 Å². The summed E-state index contributed by atoms with van der Waals surface area (Å²) in [6, 6.07) is 1.92. The number of aliphatic hydroxyl groups is 1. The molecule has 2 saturated heterocycles. The normalized spacial score (nSPS) is 24.2. The van der Waals surface area contributed by atoms with Crippen LogP contribution in [0.5, 0.6) is 0 Å². The van der Waals surface area contributed by atoms with Crippen molar-refractivity contribution in [2.45, 2.75) is 6.42 Å². The zero-order chi connectivity index (χ0) is 18.7. The van der Waals surface area contributed by atoms with Crippen molar-refractivity contribution in [2.75, 3.05) is 52.5 Å². The molecule has 2 aliphatic rings. The van der Waals surface area contributed by atoms with E-state index in [1.165, 1.54) is 0 Å². The van der Waals surface area contributed by atoms with Crippen LogP contribution in [0.2, 0.25) is 0 Å². The molecule has 0 spiro atoms. The Kier molecular flexibility index (Phi) is 6.16. The van der Waals surface area contributed by atoms with Gasteiger partial charge in [0.05, 0.1) is 19.6 Å². The lowest BCUT2D eigenvalue weighted by Gasteiger charge is -2.30. The van der Waals surface area contributed by atoms with Gasteiger partial charge in [-0.25, -0.2) is 13.2 Å². The van der Waals surface area contributed by atoms with Crippen LogP contribution in [0.3, 0.4) is 0 Å². The third kappa shape index (κ3) is 4.19. The van der Waals surface area contributed by atoms with Gasteiger partial charge in [-0.15, -0.1) is 0 Å². The van der Waals surface area contributed by atoms with Crippen LogP contribution in [0.1, 0.15) is 5.56 Å². The zero-order valence-electron chi connectivity index (χ0n) is 14.5. The fourth-order valence-electron chi connectivity index (χ4n) is 3.65. The van der Waals surface area contributed by atoms with Crippen LogP contribution in [0.25, 0.3) is 0 Å². The largest absolute Gasteiger partial charge is 0.396 e. The van der Waals surface area contributed by atoms with Gasteiger partial charge in [0.15, 0.2) is 17.5 Å². The Balaban J connectivity index is 1.62. The first kappa shape index (κ1) is 19.1. The van der Waals surface area contributed by atoms with Crippen LogP contribution in [-0.4, -0.2) is 73.4 Å². The van der Waals surface area contributed by atoms with E-state index in [0.29, 0.717) is 26.3 Å². The third-order valence-electron chi connectivity index (χ3n) is 5.22. The maximum Gasteiger partial charge on any atom is 0.227 e. The SMILES string of the molecule is O=C(Cc1ccc(F)c(F)c1F)N1C[C@@H](CN2CCOCC2)[C@@H](CO)C1. The third-order valence-corrected chi connectivity index (χ3v) is 5.22. The lowest BCUT2D eigenvalue weighted by atomic mass is 9.96. The van der Waals surface area contributed by atoms with Crippen LogP contribution < -0.4 is 0 Å². The molecular formula is C18H23F3N2O3. The monoisotopic (exact) mass is 372 g/mol. The lowest BCUT2D eigenvalue weighted by molar-refractivity contribution is -0.129. The van der Waals surface area contributed by atoms with E-state index in [1.807, 2.05) is 0 Å². The summed E-state index contributed by atoms with van der Waals surface area (Å²) in [5.74, 6) is -4.42. The van der Waals surface area contributed by atoms with Gasteiger partial charge in [0.1, 0.15) is 0 Å². The van der Waals surface area contributed by atoms with E-state index in [9.17, 15) is 23.1 Å². The molecule has 2 aliphatic heterocycles. The summed E-state index contributed by atoms with van der Waals surface area (Å²) in [7, 11) is 0. The molecule has 0 radical (unpaired) electrons. The molecule has 1 amide bonds. The minimum atomic E-state index is -1.56. The highest BCUT2D eigenvalue weighted by Crippen LogP contribution is 2.26. The number of rotatable bonds is 5. The minimum Gasteiger partial charge on any atom is -0.396 e. The molecule has 5 nitrogen and oxygen atoms in total. The van der Waals surface area contributed by atoms with Crippen LogP contribution in [-0.2, 0) is 16.0 Å². The summed E-state index contributed by atoms with van der Waals surface area (Å²) >= 11 is 0. The maximum absolute atomic E-state index is 13.8. The summed E-state index contributed by atoms with van der Waals surface area (Å²) < 4.78 is 45.5. The summed E-state index contributed by atoms with van der Waals surface area (Å²) in [5.41, 5.74) is -0.161. The predicted molar refractivity (Wildman–Crippen MR) is 87.9 cm³/mol. The Morgan fingerprint density at radius 2 is 1.81 bits per heavy atom. The summed E-state index contributed by atoms with van der Waals surface area (Å²) in [4.78, 5) is 16.3. The molecule has 2 fully saturated rings. The van der Waals surface area contributed by atoms with Crippen molar-refractivity contribution >= 4 is 5.91 Å². The number of morpholine rings is 1.